The molecule has 0 aliphatic carbocycles. The van der Waals surface area contributed by atoms with Gasteiger partial charge in [0.05, 0.1) is 18.8 Å². The van der Waals surface area contributed by atoms with E-state index in [1.165, 1.54) is 0 Å². The molecular weight excluding hydrogens is 304 g/mol. The van der Waals surface area contributed by atoms with Gasteiger partial charge in [-0.1, -0.05) is 63.2 Å². The van der Waals surface area contributed by atoms with Crippen molar-refractivity contribution in [2.24, 2.45) is 11.3 Å². The molecule has 0 spiro atoms. The summed E-state index contributed by atoms with van der Waals surface area (Å²) in [6.07, 6.45) is 1.14. The lowest BCUT2D eigenvalue weighted by Crippen LogP contribution is -2.43. The first-order valence-electron chi connectivity index (χ1n) is 8.20. The maximum Gasteiger partial charge on any atom is 0.273 e. The molecule has 1 heterocycles. The number of rotatable bonds is 7. The Balaban J connectivity index is 1.94. The van der Waals surface area contributed by atoms with Crippen LogP contribution in [0.25, 0.3) is 0 Å². The van der Waals surface area contributed by atoms with Crippen molar-refractivity contribution in [3.63, 3.8) is 0 Å². The summed E-state index contributed by atoms with van der Waals surface area (Å²) in [6.45, 7) is 8.73. The monoisotopic (exact) mass is 330 g/mol. The molecule has 0 radical (unpaired) electrons. The van der Waals surface area contributed by atoms with Gasteiger partial charge >= 0.3 is 0 Å². The van der Waals surface area contributed by atoms with Crippen LogP contribution in [0, 0.1) is 11.3 Å². The van der Waals surface area contributed by atoms with E-state index in [9.17, 15) is 9.90 Å². The molecule has 6 heteroatoms. The van der Waals surface area contributed by atoms with E-state index in [0.29, 0.717) is 13.1 Å². The highest BCUT2D eigenvalue weighted by atomic mass is 16.3. The molecular formula is C18H26N4O2. The molecule has 0 aliphatic rings. The van der Waals surface area contributed by atoms with E-state index >= 15 is 0 Å². The van der Waals surface area contributed by atoms with Crippen molar-refractivity contribution in [3.8, 4) is 0 Å². The molecule has 2 rings (SSSR count). The SMILES string of the molecule is CC(C)C(O)C(C)(C)CNC(=O)c1cn(Cc2ccccc2)nn1. The second-order valence-electron chi connectivity index (χ2n) is 7.15. The third kappa shape index (κ3) is 4.64. The summed E-state index contributed by atoms with van der Waals surface area (Å²) in [4.78, 5) is 12.2. The van der Waals surface area contributed by atoms with Crippen LogP contribution in [-0.2, 0) is 6.54 Å². The van der Waals surface area contributed by atoms with Gasteiger partial charge in [-0.3, -0.25) is 4.79 Å². The van der Waals surface area contributed by atoms with Crippen molar-refractivity contribution < 1.29 is 9.90 Å². The summed E-state index contributed by atoms with van der Waals surface area (Å²) in [5.41, 5.74) is 0.959. The molecule has 0 bridgehead atoms. The maximum absolute atomic E-state index is 12.2. The van der Waals surface area contributed by atoms with Gasteiger partial charge in [-0.25, -0.2) is 4.68 Å². The van der Waals surface area contributed by atoms with Crippen molar-refractivity contribution in [2.45, 2.75) is 40.3 Å². The van der Waals surface area contributed by atoms with E-state index < -0.39 is 11.5 Å². The van der Waals surface area contributed by atoms with Crippen LogP contribution in [0.5, 0.6) is 0 Å². The zero-order chi connectivity index (χ0) is 17.7. The molecule has 2 aromatic rings. The minimum absolute atomic E-state index is 0.128. The third-order valence-electron chi connectivity index (χ3n) is 4.10. The molecule has 2 N–H and O–H groups in total. The van der Waals surface area contributed by atoms with Crippen molar-refractivity contribution in [3.05, 3.63) is 47.8 Å². The van der Waals surface area contributed by atoms with Gasteiger partial charge in [0.15, 0.2) is 5.69 Å². The van der Waals surface area contributed by atoms with E-state index in [1.807, 2.05) is 58.0 Å². The summed E-state index contributed by atoms with van der Waals surface area (Å²) in [5.74, 6) is -0.151. The van der Waals surface area contributed by atoms with Gasteiger partial charge in [0.1, 0.15) is 0 Å². The first-order valence-corrected chi connectivity index (χ1v) is 8.20. The maximum atomic E-state index is 12.2. The molecule has 130 valence electrons. The number of benzene rings is 1. The molecule has 24 heavy (non-hydrogen) atoms. The number of carbonyl (C=O) groups excluding carboxylic acids is 1. The summed E-state index contributed by atoms with van der Waals surface area (Å²) in [7, 11) is 0. The zero-order valence-corrected chi connectivity index (χ0v) is 14.7. The third-order valence-corrected chi connectivity index (χ3v) is 4.10. The number of amides is 1. The number of nitrogens with zero attached hydrogens (tertiary/aromatic N) is 3. The molecule has 1 atom stereocenters. The van der Waals surface area contributed by atoms with Crippen molar-refractivity contribution >= 4 is 5.91 Å². The van der Waals surface area contributed by atoms with E-state index in [-0.39, 0.29) is 17.5 Å². The molecule has 1 aromatic carbocycles. The number of aliphatic hydroxyl groups excluding tert-OH is 1. The quantitative estimate of drug-likeness (QED) is 0.815. The lowest BCUT2D eigenvalue weighted by Gasteiger charge is -2.33. The lowest BCUT2D eigenvalue weighted by molar-refractivity contribution is 0.0138. The van der Waals surface area contributed by atoms with Crippen LogP contribution in [0.3, 0.4) is 0 Å². The highest BCUT2D eigenvalue weighted by Crippen LogP contribution is 2.25. The molecule has 0 saturated carbocycles. The Bertz CT molecular complexity index is 665. The van der Waals surface area contributed by atoms with Crippen LogP contribution in [0.2, 0.25) is 0 Å². The fourth-order valence-electron chi connectivity index (χ4n) is 2.66. The highest BCUT2D eigenvalue weighted by molar-refractivity contribution is 5.91. The van der Waals surface area contributed by atoms with Crippen LogP contribution < -0.4 is 5.32 Å². The Kier molecular flexibility index (Phi) is 5.72. The molecule has 0 aliphatic heterocycles. The van der Waals surface area contributed by atoms with Crippen LogP contribution in [0.4, 0.5) is 0 Å². The van der Waals surface area contributed by atoms with Gasteiger partial charge in [0, 0.05) is 12.0 Å². The van der Waals surface area contributed by atoms with E-state index in [4.69, 9.17) is 0 Å². The molecule has 0 saturated heterocycles. The van der Waals surface area contributed by atoms with Gasteiger partial charge in [-0.2, -0.15) is 0 Å². The number of nitrogens with one attached hydrogen (secondary N) is 1. The average molecular weight is 330 g/mol. The van der Waals surface area contributed by atoms with Crippen LogP contribution in [0.1, 0.15) is 43.7 Å². The fraction of sp³-hybridized carbons (Fsp3) is 0.500. The normalized spacial score (nSPS) is 13.1. The second kappa shape index (κ2) is 7.57. The number of aliphatic hydroxyl groups is 1. The van der Waals surface area contributed by atoms with Gasteiger partial charge in [-0.15, -0.1) is 5.10 Å². The molecule has 1 unspecified atom stereocenters. The number of hydrogen-bond donors (Lipinski definition) is 2. The molecule has 6 nitrogen and oxygen atoms in total. The zero-order valence-electron chi connectivity index (χ0n) is 14.7. The average Bonchev–Trinajstić information content (AvgIpc) is 3.01. The van der Waals surface area contributed by atoms with Crippen molar-refractivity contribution in [2.75, 3.05) is 6.54 Å². The van der Waals surface area contributed by atoms with Crippen LogP contribution in [-0.4, -0.2) is 38.7 Å². The van der Waals surface area contributed by atoms with Gasteiger partial charge in [0.2, 0.25) is 0 Å². The predicted octanol–water partition coefficient (Wildman–Crippen LogP) is 2.10. The molecule has 0 fully saturated rings. The molecule has 1 amide bonds. The Morgan fingerprint density at radius 3 is 2.58 bits per heavy atom. The smallest absolute Gasteiger partial charge is 0.273 e. The predicted molar refractivity (Wildman–Crippen MR) is 92.5 cm³/mol. The van der Waals surface area contributed by atoms with E-state index in [1.54, 1.807) is 10.9 Å². The minimum atomic E-state index is -0.494. The summed E-state index contributed by atoms with van der Waals surface area (Å²) in [5, 5.41) is 21.0. The van der Waals surface area contributed by atoms with Gasteiger partial charge in [-0.05, 0) is 11.5 Å². The number of hydrogen-bond acceptors (Lipinski definition) is 4. The standard InChI is InChI=1S/C18H26N4O2/c1-13(2)16(23)18(3,4)12-19-17(24)15-11-22(21-20-15)10-14-8-6-5-7-9-14/h5-9,11,13,16,23H,10,12H2,1-4H3,(H,19,24). The van der Waals surface area contributed by atoms with Crippen molar-refractivity contribution in [1.29, 1.82) is 0 Å². The van der Waals surface area contributed by atoms with E-state index in [2.05, 4.69) is 15.6 Å². The topological polar surface area (TPSA) is 80.0 Å². The summed E-state index contributed by atoms with van der Waals surface area (Å²) in [6, 6.07) is 9.87. The van der Waals surface area contributed by atoms with Crippen LogP contribution >= 0.6 is 0 Å². The Hall–Kier alpha value is -2.21. The lowest BCUT2D eigenvalue weighted by atomic mass is 9.80. The first kappa shape index (κ1) is 18.1. The highest BCUT2D eigenvalue weighted by Gasteiger charge is 2.30. The van der Waals surface area contributed by atoms with Crippen LogP contribution in [0.15, 0.2) is 36.5 Å². The minimum Gasteiger partial charge on any atom is -0.392 e. The van der Waals surface area contributed by atoms with Gasteiger partial charge in [0.25, 0.3) is 5.91 Å². The largest absolute Gasteiger partial charge is 0.392 e. The number of carbonyl (C=O) groups is 1. The fourth-order valence-corrected chi connectivity index (χ4v) is 2.66. The summed E-state index contributed by atoms with van der Waals surface area (Å²) >= 11 is 0. The Labute approximate surface area is 142 Å². The second-order valence-corrected chi connectivity index (χ2v) is 7.15. The van der Waals surface area contributed by atoms with Crippen molar-refractivity contribution in [1.82, 2.24) is 20.3 Å². The van der Waals surface area contributed by atoms with Gasteiger partial charge < -0.3 is 10.4 Å². The number of aromatic nitrogens is 3. The molecule has 1 aromatic heterocycles. The first-order chi connectivity index (χ1) is 11.3. The summed E-state index contributed by atoms with van der Waals surface area (Å²) < 4.78 is 1.64. The van der Waals surface area contributed by atoms with E-state index in [0.717, 1.165) is 5.56 Å². The Morgan fingerprint density at radius 1 is 1.29 bits per heavy atom. The Morgan fingerprint density at radius 2 is 1.96 bits per heavy atom.